The Morgan fingerprint density at radius 2 is 1.96 bits per heavy atom. The summed E-state index contributed by atoms with van der Waals surface area (Å²) in [4.78, 5) is 14.0. The molecule has 0 saturated heterocycles. The predicted molar refractivity (Wildman–Crippen MR) is 104 cm³/mol. The van der Waals surface area contributed by atoms with Crippen molar-refractivity contribution in [2.75, 3.05) is 10.6 Å². The fraction of sp³-hybridized carbons (Fsp3) is 0.350. The molecule has 0 aromatic heterocycles. The Hall–Kier alpha value is -2.19. The summed E-state index contributed by atoms with van der Waals surface area (Å²) in [5, 5.41) is 5.91. The molecular formula is C20H20F3N3OS. The molecule has 148 valence electrons. The summed E-state index contributed by atoms with van der Waals surface area (Å²) >= 11 is 1.26. The number of alkyl halides is 3. The summed E-state index contributed by atoms with van der Waals surface area (Å²) in [6, 6.07) is 9.47. The van der Waals surface area contributed by atoms with Gasteiger partial charge in [-0.15, -0.1) is 0 Å². The summed E-state index contributed by atoms with van der Waals surface area (Å²) in [7, 11) is 0. The first-order valence-electron chi connectivity index (χ1n) is 9.17. The Balaban J connectivity index is 1.69. The lowest BCUT2D eigenvalue weighted by molar-refractivity contribution is -0.137. The molecule has 4 rings (SSSR count). The number of para-hydroxylation sites is 1. The van der Waals surface area contributed by atoms with Crippen LogP contribution in [0.2, 0.25) is 0 Å². The molecule has 1 aliphatic heterocycles. The van der Waals surface area contributed by atoms with Crippen molar-refractivity contribution in [1.82, 2.24) is 0 Å². The number of nitrogens with two attached hydrogens (primary N) is 1. The van der Waals surface area contributed by atoms with E-state index in [-0.39, 0.29) is 23.6 Å². The topological polar surface area (TPSA) is 67.2 Å². The molecule has 1 aliphatic carbocycles. The van der Waals surface area contributed by atoms with E-state index in [1.54, 1.807) is 0 Å². The van der Waals surface area contributed by atoms with Crippen LogP contribution in [0.4, 0.5) is 30.2 Å². The summed E-state index contributed by atoms with van der Waals surface area (Å²) < 4.78 is 40.3. The van der Waals surface area contributed by atoms with Gasteiger partial charge in [0.15, 0.2) is 0 Å². The van der Waals surface area contributed by atoms with E-state index in [4.69, 9.17) is 5.73 Å². The Bertz CT molecular complexity index is 916. The number of amides is 1. The van der Waals surface area contributed by atoms with Crippen molar-refractivity contribution in [3.8, 4) is 0 Å². The number of hydrogen-bond donors (Lipinski definition) is 3. The highest BCUT2D eigenvalue weighted by Gasteiger charge is 2.34. The molecule has 28 heavy (non-hydrogen) atoms. The van der Waals surface area contributed by atoms with Crippen molar-refractivity contribution in [2.24, 2.45) is 11.7 Å². The van der Waals surface area contributed by atoms with Crippen molar-refractivity contribution < 1.29 is 18.0 Å². The number of anilines is 3. The third-order valence-electron chi connectivity index (χ3n) is 5.14. The maximum Gasteiger partial charge on any atom is 0.416 e. The molecule has 0 radical (unpaired) electrons. The molecule has 1 heterocycles. The monoisotopic (exact) mass is 407 g/mol. The molecule has 2 aromatic rings. The van der Waals surface area contributed by atoms with Gasteiger partial charge in [0.05, 0.1) is 22.6 Å². The zero-order valence-electron chi connectivity index (χ0n) is 15.0. The lowest BCUT2D eigenvalue weighted by atomic mass is 9.85. The van der Waals surface area contributed by atoms with Crippen LogP contribution in [0.25, 0.3) is 0 Å². The highest BCUT2D eigenvalue weighted by molar-refractivity contribution is 7.99. The second-order valence-corrected chi connectivity index (χ2v) is 8.31. The zero-order chi connectivity index (χ0) is 19.9. The van der Waals surface area contributed by atoms with Crippen molar-refractivity contribution >= 4 is 34.7 Å². The molecule has 4 N–H and O–H groups in total. The number of carbonyl (C=O) groups excluding carboxylic acids is 1. The van der Waals surface area contributed by atoms with Crippen LogP contribution >= 0.6 is 11.8 Å². The van der Waals surface area contributed by atoms with Crippen LogP contribution in [0, 0.1) is 5.92 Å². The molecule has 1 fully saturated rings. The lowest BCUT2D eigenvalue weighted by Gasteiger charge is -2.28. The van der Waals surface area contributed by atoms with Crippen molar-refractivity contribution in [1.29, 1.82) is 0 Å². The molecule has 0 bridgehead atoms. The maximum absolute atomic E-state index is 13.4. The van der Waals surface area contributed by atoms with Crippen LogP contribution in [0.1, 0.15) is 31.2 Å². The molecule has 1 amide bonds. The molecule has 2 unspecified atom stereocenters. The summed E-state index contributed by atoms with van der Waals surface area (Å²) in [6.07, 6.45) is -1.53. The number of benzene rings is 2. The molecule has 4 nitrogen and oxygen atoms in total. The van der Waals surface area contributed by atoms with E-state index < -0.39 is 11.7 Å². The molecule has 0 spiro atoms. The van der Waals surface area contributed by atoms with E-state index in [1.807, 2.05) is 24.3 Å². The van der Waals surface area contributed by atoms with Crippen LogP contribution in [0.15, 0.2) is 46.2 Å². The average molecular weight is 407 g/mol. The number of rotatable bonds is 2. The second kappa shape index (κ2) is 7.33. The Morgan fingerprint density at radius 3 is 2.71 bits per heavy atom. The fourth-order valence-corrected chi connectivity index (χ4v) is 4.76. The SMILES string of the molecule is NC1CCCC(C(=O)Nc2cc(C(F)(F)F)cc3c2Nc2ccccc2S3)C1. The van der Waals surface area contributed by atoms with Gasteiger partial charge in [-0.2, -0.15) is 13.2 Å². The largest absolute Gasteiger partial charge is 0.416 e. The summed E-state index contributed by atoms with van der Waals surface area (Å²) in [6.45, 7) is 0. The van der Waals surface area contributed by atoms with E-state index in [9.17, 15) is 18.0 Å². The van der Waals surface area contributed by atoms with Gasteiger partial charge < -0.3 is 16.4 Å². The zero-order valence-corrected chi connectivity index (χ0v) is 15.8. The minimum absolute atomic E-state index is 0.0412. The molecule has 8 heteroatoms. The minimum atomic E-state index is -4.50. The van der Waals surface area contributed by atoms with Gasteiger partial charge in [0.1, 0.15) is 0 Å². The highest BCUT2D eigenvalue weighted by Crippen LogP contribution is 2.49. The summed E-state index contributed by atoms with van der Waals surface area (Å²) in [5.74, 6) is -0.556. The van der Waals surface area contributed by atoms with Gasteiger partial charge in [-0.1, -0.05) is 30.3 Å². The highest BCUT2D eigenvalue weighted by atomic mass is 32.2. The van der Waals surface area contributed by atoms with E-state index >= 15 is 0 Å². The van der Waals surface area contributed by atoms with Gasteiger partial charge in [-0.3, -0.25) is 4.79 Å². The number of carbonyl (C=O) groups is 1. The van der Waals surface area contributed by atoms with Crippen LogP contribution < -0.4 is 16.4 Å². The first-order valence-corrected chi connectivity index (χ1v) is 9.98. The molecule has 2 atom stereocenters. The number of nitrogens with one attached hydrogen (secondary N) is 2. The number of halogens is 3. The number of hydrogen-bond acceptors (Lipinski definition) is 4. The van der Waals surface area contributed by atoms with E-state index in [2.05, 4.69) is 10.6 Å². The average Bonchev–Trinajstić information content (AvgIpc) is 2.65. The lowest BCUT2D eigenvalue weighted by Crippen LogP contribution is -2.34. The summed E-state index contributed by atoms with van der Waals surface area (Å²) in [5.41, 5.74) is 6.62. The van der Waals surface area contributed by atoms with Crippen LogP contribution in [0.5, 0.6) is 0 Å². The van der Waals surface area contributed by atoms with E-state index in [0.29, 0.717) is 23.4 Å². The normalized spacial score (nSPS) is 21.3. The third kappa shape index (κ3) is 3.84. The Labute approximate surface area is 165 Å². The first-order chi connectivity index (χ1) is 13.3. The molecule has 2 aromatic carbocycles. The molecule has 1 saturated carbocycles. The fourth-order valence-electron chi connectivity index (χ4n) is 3.70. The smallest absolute Gasteiger partial charge is 0.352 e. The van der Waals surface area contributed by atoms with Crippen molar-refractivity contribution in [3.63, 3.8) is 0 Å². The van der Waals surface area contributed by atoms with E-state index in [0.717, 1.165) is 35.6 Å². The van der Waals surface area contributed by atoms with Crippen LogP contribution in [-0.2, 0) is 11.0 Å². The molecular weight excluding hydrogens is 387 g/mol. The van der Waals surface area contributed by atoms with Crippen LogP contribution in [-0.4, -0.2) is 11.9 Å². The predicted octanol–water partition coefficient (Wildman–Crippen LogP) is 5.37. The van der Waals surface area contributed by atoms with Gasteiger partial charge in [0.2, 0.25) is 5.91 Å². The Kier molecular flexibility index (Phi) is 5.01. The van der Waals surface area contributed by atoms with Crippen molar-refractivity contribution in [2.45, 2.75) is 47.7 Å². The number of fused-ring (bicyclic) bond motifs is 2. The maximum atomic E-state index is 13.4. The van der Waals surface area contributed by atoms with Crippen molar-refractivity contribution in [3.05, 3.63) is 42.0 Å². The minimum Gasteiger partial charge on any atom is -0.352 e. The Morgan fingerprint density at radius 1 is 1.18 bits per heavy atom. The van der Waals surface area contributed by atoms with Crippen LogP contribution in [0.3, 0.4) is 0 Å². The van der Waals surface area contributed by atoms with E-state index in [1.165, 1.54) is 11.8 Å². The first kappa shape index (κ1) is 19.1. The van der Waals surface area contributed by atoms with Gasteiger partial charge >= 0.3 is 6.18 Å². The van der Waals surface area contributed by atoms with Gasteiger partial charge in [0.25, 0.3) is 0 Å². The standard InChI is InChI=1S/C20H20F3N3OS/c21-20(22,23)12-9-15(26-19(27)11-4-3-5-13(24)8-11)18-17(10-12)28-16-7-2-1-6-14(16)25-18/h1-2,6-7,9-11,13,25H,3-5,8,24H2,(H,26,27). The second-order valence-electron chi connectivity index (χ2n) is 7.23. The van der Waals surface area contributed by atoms with Gasteiger partial charge in [-0.25, -0.2) is 0 Å². The molecule has 2 aliphatic rings. The van der Waals surface area contributed by atoms with Gasteiger partial charge in [0, 0.05) is 21.8 Å². The van der Waals surface area contributed by atoms with Gasteiger partial charge in [-0.05, 0) is 43.5 Å². The quantitative estimate of drug-likeness (QED) is 0.534. The third-order valence-corrected chi connectivity index (χ3v) is 6.26.